The van der Waals surface area contributed by atoms with Crippen LogP contribution in [0.2, 0.25) is 0 Å². The van der Waals surface area contributed by atoms with Crippen molar-refractivity contribution in [2.24, 2.45) is 5.41 Å². The summed E-state index contributed by atoms with van der Waals surface area (Å²) in [6.07, 6.45) is 6.24. The zero-order valence-electron chi connectivity index (χ0n) is 11.5. The van der Waals surface area contributed by atoms with E-state index >= 15 is 0 Å². The second-order valence-electron chi connectivity index (χ2n) is 5.75. The molecule has 1 fully saturated rings. The molecular formula is C14H27N3. The molecule has 17 heavy (non-hydrogen) atoms. The van der Waals surface area contributed by atoms with Gasteiger partial charge in [0.25, 0.3) is 0 Å². The fourth-order valence-electron chi connectivity index (χ4n) is 2.26. The lowest BCUT2D eigenvalue weighted by Crippen LogP contribution is -2.36. The third-order valence-electron chi connectivity index (χ3n) is 3.51. The van der Waals surface area contributed by atoms with Crippen molar-refractivity contribution in [3.8, 4) is 6.07 Å². The van der Waals surface area contributed by atoms with Gasteiger partial charge in [-0.25, -0.2) is 0 Å². The third kappa shape index (κ3) is 6.65. The van der Waals surface area contributed by atoms with Crippen LogP contribution in [0.5, 0.6) is 0 Å². The van der Waals surface area contributed by atoms with Crippen LogP contribution in [-0.2, 0) is 0 Å². The Morgan fingerprint density at radius 1 is 1.18 bits per heavy atom. The van der Waals surface area contributed by atoms with Gasteiger partial charge in [-0.15, -0.1) is 0 Å². The summed E-state index contributed by atoms with van der Waals surface area (Å²) in [5.41, 5.74) is -0.158. The number of hydrogen-bond donors (Lipinski definition) is 1. The van der Waals surface area contributed by atoms with Gasteiger partial charge in [0.15, 0.2) is 0 Å². The van der Waals surface area contributed by atoms with Crippen molar-refractivity contribution in [1.82, 2.24) is 10.2 Å². The molecule has 1 aliphatic rings. The smallest absolute Gasteiger partial charge is 0.0683 e. The average molecular weight is 237 g/mol. The van der Waals surface area contributed by atoms with Crippen molar-refractivity contribution >= 4 is 0 Å². The Morgan fingerprint density at radius 2 is 1.88 bits per heavy atom. The van der Waals surface area contributed by atoms with Gasteiger partial charge in [-0.1, -0.05) is 6.42 Å². The highest BCUT2D eigenvalue weighted by atomic mass is 15.1. The number of piperidine rings is 1. The van der Waals surface area contributed by atoms with E-state index in [4.69, 9.17) is 5.26 Å². The predicted octanol–water partition coefficient (Wildman–Crippen LogP) is 2.39. The zero-order chi connectivity index (χ0) is 12.6. The van der Waals surface area contributed by atoms with E-state index in [1.165, 1.54) is 38.9 Å². The number of nitrogens with one attached hydrogen (secondary N) is 1. The largest absolute Gasteiger partial charge is 0.315 e. The number of rotatable bonds is 7. The van der Waals surface area contributed by atoms with Gasteiger partial charge >= 0.3 is 0 Å². The predicted molar refractivity (Wildman–Crippen MR) is 71.8 cm³/mol. The minimum absolute atomic E-state index is 0.158. The van der Waals surface area contributed by atoms with E-state index in [0.29, 0.717) is 0 Å². The first-order valence-corrected chi connectivity index (χ1v) is 6.98. The monoisotopic (exact) mass is 237 g/mol. The highest BCUT2D eigenvalue weighted by molar-refractivity contribution is 4.91. The van der Waals surface area contributed by atoms with Crippen LogP contribution in [0.3, 0.4) is 0 Å². The fourth-order valence-corrected chi connectivity index (χ4v) is 2.26. The van der Waals surface area contributed by atoms with E-state index < -0.39 is 0 Å². The number of hydrogen-bond acceptors (Lipinski definition) is 3. The molecule has 0 bridgehead atoms. The van der Waals surface area contributed by atoms with Gasteiger partial charge in [0.05, 0.1) is 11.5 Å². The summed E-state index contributed by atoms with van der Waals surface area (Å²) in [4.78, 5) is 2.55. The molecule has 1 aliphatic heterocycles. The van der Waals surface area contributed by atoms with Gasteiger partial charge in [0, 0.05) is 13.1 Å². The summed E-state index contributed by atoms with van der Waals surface area (Å²) in [5.74, 6) is 0. The van der Waals surface area contributed by atoms with Crippen LogP contribution in [0.15, 0.2) is 0 Å². The van der Waals surface area contributed by atoms with Crippen LogP contribution >= 0.6 is 0 Å². The van der Waals surface area contributed by atoms with Crippen molar-refractivity contribution in [3.05, 3.63) is 0 Å². The van der Waals surface area contributed by atoms with Crippen molar-refractivity contribution in [3.63, 3.8) is 0 Å². The second kappa shape index (κ2) is 7.68. The maximum absolute atomic E-state index is 8.89. The quantitative estimate of drug-likeness (QED) is 0.691. The minimum atomic E-state index is -0.158. The Hall–Kier alpha value is -0.590. The lowest BCUT2D eigenvalue weighted by atomic mass is 9.90. The molecule has 0 saturated carbocycles. The van der Waals surface area contributed by atoms with Crippen LogP contribution in [0, 0.1) is 16.7 Å². The Labute approximate surface area is 106 Å². The molecular weight excluding hydrogens is 210 g/mol. The lowest BCUT2D eigenvalue weighted by Gasteiger charge is -2.26. The fraction of sp³-hybridized carbons (Fsp3) is 0.929. The molecule has 1 rings (SSSR count). The van der Waals surface area contributed by atoms with Crippen LogP contribution in [0.1, 0.15) is 46.0 Å². The van der Waals surface area contributed by atoms with E-state index in [1.807, 2.05) is 13.8 Å². The number of likely N-dealkylation sites (tertiary alicyclic amines) is 1. The molecule has 3 nitrogen and oxygen atoms in total. The topological polar surface area (TPSA) is 39.1 Å². The SMILES string of the molecule is CC(C)(C#N)CCCNCCN1CCCCC1. The van der Waals surface area contributed by atoms with Crippen molar-refractivity contribution in [2.75, 3.05) is 32.7 Å². The van der Waals surface area contributed by atoms with Crippen LogP contribution in [0.4, 0.5) is 0 Å². The van der Waals surface area contributed by atoms with E-state index in [1.54, 1.807) is 0 Å². The number of nitrogens with zero attached hydrogens (tertiary/aromatic N) is 2. The van der Waals surface area contributed by atoms with Gasteiger partial charge in [-0.05, 0) is 59.2 Å². The maximum Gasteiger partial charge on any atom is 0.0683 e. The Morgan fingerprint density at radius 3 is 2.53 bits per heavy atom. The second-order valence-corrected chi connectivity index (χ2v) is 5.75. The molecule has 0 radical (unpaired) electrons. The minimum Gasteiger partial charge on any atom is -0.315 e. The van der Waals surface area contributed by atoms with Crippen molar-refractivity contribution in [2.45, 2.75) is 46.0 Å². The average Bonchev–Trinajstić information content (AvgIpc) is 2.35. The summed E-state index contributed by atoms with van der Waals surface area (Å²) < 4.78 is 0. The first kappa shape index (κ1) is 14.5. The van der Waals surface area contributed by atoms with Crippen LogP contribution in [0.25, 0.3) is 0 Å². The Bertz CT molecular complexity index is 236. The highest BCUT2D eigenvalue weighted by Gasteiger charge is 2.15. The molecule has 0 aliphatic carbocycles. The first-order valence-electron chi connectivity index (χ1n) is 6.98. The highest BCUT2D eigenvalue weighted by Crippen LogP contribution is 2.19. The summed E-state index contributed by atoms with van der Waals surface area (Å²) in [5, 5.41) is 12.4. The van der Waals surface area contributed by atoms with Crippen molar-refractivity contribution < 1.29 is 0 Å². The molecule has 1 heterocycles. The molecule has 0 unspecified atom stereocenters. The molecule has 0 amide bonds. The maximum atomic E-state index is 8.89. The Balaban J connectivity index is 1.92. The van der Waals surface area contributed by atoms with Gasteiger partial charge in [-0.3, -0.25) is 0 Å². The molecule has 0 aromatic carbocycles. The van der Waals surface area contributed by atoms with Gasteiger partial charge in [0.2, 0.25) is 0 Å². The standard InChI is InChI=1S/C14H27N3/c1-14(2,13-15)7-6-8-16-9-12-17-10-4-3-5-11-17/h16H,3-12H2,1-2H3. The van der Waals surface area contributed by atoms with Crippen LogP contribution in [-0.4, -0.2) is 37.6 Å². The summed E-state index contributed by atoms with van der Waals surface area (Å²) >= 11 is 0. The molecule has 1 saturated heterocycles. The summed E-state index contributed by atoms with van der Waals surface area (Å²) in [7, 11) is 0. The molecule has 1 N–H and O–H groups in total. The molecule has 0 spiro atoms. The molecule has 98 valence electrons. The van der Waals surface area contributed by atoms with E-state index in [-0.39, 0.29) is 5.41 Å². The van der Waals surface area contributed by atoms with Gasteiger partial charge in [-0.2, -0.15) is 5.26 Å². The van der Waals surface area contributed by atoms with Gasteiger partial charge in [0.1, 0.15) is 0 Å². The van der Waals surface area contributed by atoms with Crippen molar-refractivity contribution in [1.29, 1.82) is 5.26 Å². The summed E-state index contributed by atoms with van der Waals surface area (Å²) in [6, 6.07) is 2.35. The normalized spacial score (nSPS) is 17.9. The van der Waals surface area contributed by atoms with Crippen LogP contribution < -0.4 is 5.32 Å². The number of nitriles is 1. The zero-order valence-corrected chi connectivity index (χ0v) is 11.5. The lowest BCUT2D eigenvalue weighted by molar-refractivity contribution is 0.229. The van der Waals surface area contributed by atoms with E-state index in [0.717, 1.165) is 25.9 Å². The summed E-state index contributed by atoms with van der Waals surface area (Å²) in [6.45, 7) is 9.90. The first-order chi connectivity index (χ1) is 8.14. The molecule has 0 aromatic rings. The molecule has 0 aromatic heterocycles. The van der Waals surface area contributed by atoms with E-state index in [2.05, 4.69) is 16.3 Å². The van der Waals surface area contributed by atoms with Gasteiger partial charge < -0.3 is 10.2 Å². The Kier molecular flexibility index (Phi) is 6.54. The molecule has 0 atom stereocenters. The third-order valence-corrected chi connectivity index (χ3v) is 3.51. The molecule has 3 heteroatoms. The van der Waals surface area contributed by atoms with E-state index in [9.17, 15) is 0 Å².